The van der Waals surface area contributed by atoms with E-state index in [1.165, 1.54) is 13.2 Å². The van der Waals surface area contributed by atoms with Gasteiger partial charge >= 0.3 is 0 Å². The van der Waals surface area contributed by atoms with Gasteiger partial charge in [-0.05, 0) is 17.7 Å². The molecule has 2 rings (SSSR count). The van der Waals surface area contributed by atoms with Crippen molar-refractivity contribution in [2.24, 2.45) is 0 Å². The number of hydrogen-bond donors (Lipinski definition) is 1. The quantitative estimate of drug-likeness (QED) is 0.872. The van der Waals surface area contributed by atoms with Gasteiger partial charge in [-0.25, -0.2) is 4.39 Å². The average Bonchev–Trinajstić information content (AvgIpc) is 2.46. The largest absolute Gasteiger partial charge is 0.378 e. The van der Waals surface area contributed by atoms with Gasteiger partial charge in [0.2, 0.25) is 5.91 Å². The minimum Gasteiger partial charge on any atom is -0.378 e. The molecule has 1 aromatic carbocycles. The van der Waals surface area contributed by atoms with Crippen molar-refractivity contribution in [1.82, 2.24) is 5.32 Å². The molecule has 110 valence electrons. The smallest absolute Gasteiger partial charge is 0.246 e. The number of halogens is 1. The molecule has 0 saturated carbocycles. The van der Waals surface area contributed by atoms with Crippen LogP contribution in [0, 0.1) is 5.82 Å². The highest BCUT2D eigenvalue weighted by molar-refractivity contribution is 5.77. The predicted molar refractivity (Wildman–Crippen MR) is 73.2 cm³/mol. The SMILES string of the molecule is COCC(=O)NCc1ccc(N2CCOCC2)c(F)c1. The molecular weight excluding hydrogens is 263 g/mol. The van der Waals surface area contributed by atoms with Gasteiger partial charge in [-0.15, -0.1) is 0 Å². The maximum atomic E-state index is 14.1. The van der Waals surface area contributed by atoms with Crippen molar-refractivity contribution < 1.29 is 18.7 Å². The van der Waals surface area contributed by atoms with Gasteiger partial charge in [0, 0.05) is 26.7 Å². The number of nitrogens with one attached hydrogen (secondary N) is 1. The molecule has 0 aromatic heterocycles. The molecule has 1 aliphatic rings. The number of benzene rings is 1. The number of carbonyl (C=O) groups is 1. The molecule has 1 aromatic rings. The Labute approximate surface area is 117 Å². The van der Waals surface area contributed by atoms with E-state index in [1.807, 2.05) is 11.0 Å². The summed E-state index contributed by atoms with van der Waals surface area (Å²) < 4.78 is 24.0. The number of morpholine rings is 1. The molecule has 1 aliphatic heterocycles. The van der Waals surface area contributed by atoms with Crippen LogP contribution in [0.3, 0.4) is 0 Å². The van der Waals surface area contributed by atoms with Gasteiger partial charge in [0.05, 0.1) is 18.9 Å². The molecule has 5 nitrogen and oxygen atoms in total. The number of rotatable bonds is 5. The van der Waals surface area contributed by atoms with Crippen LogP contribution in [-0.2, 0) is 20.8 Å². The summed E-state index contributed by atoms with van der Waals surface area (Å²) in [6, 6.07) is 5.03. The Morgan fingerprint density at radius 2 is 2.20 bits per heavy atom. The Morgan fingerprint density at radius 1 is 1.45 bits per heavy atom. The van der Waals surface area contributed by atoms with Gasteiger partial charge in [-0.2, -0.15) is 0 Å². The van der Waals surface area contributed by atoms with E-state index in [-0.39, 0.29) is 18.3 Å². The average molecular weight is 282 g/mol. The van der Waals surface area contributed by atoms with Gasteiger partial charge in [-0.1, -0.05) is 6.07 Å². The molecule has 0 unspecified atom stereocenters. The molecule has 0 aliphatic carbocycles. The number of nitrogens with zero attached hydrogens (tertiary/aromatic N) is 1. The molecule has 20 heavy (non-hydrogen) atoms. The van der Waals surface area contributed by atoms with Crippen molar-refractivity contribution in [2.45, 2.75) is 6.54 Å². The van der Waals surface area contributed by atoms with E-state index in [2.05, 4.69) is 5.32 Å². The third kappa shape index (κ3) is 3.91. The second kappa shape index (κ2) is 7.21. The Bertz CT molecular complexity index is 462. The summed E-state index contributed by atoms with van der Waals surface area (Å²) in [6.07, 6.45) is 0. The van der Waals surface area contributed by atoms with Crippen molar-refractivity contribution in [1.29, 1.82) is 0 Å². The molecule has 1 heterocycles. The zero-order valence-electron chi connectivity index (χ0n) is 11.5. The normalized spacial score (nSPS) is 15.2. The maximum Gasteiger partial charge on any atom is 0.246 e. The van der Waals surface area contributed by atoms with Crippen LogP contribution < -0.4 is 10.2 Å². The first-order valence-electron chi connectivity index (χ1n) is 6.57. The Morgan fingerprint density at radius 3 is 2.85 bits per heavy atom. The first-order valence-corrected chi connectivity index (χ1v) is 6.57. The highest BCUT2D eigenvalue weighted by atomic mass is 19.1. The molecular formula is C14H19FN2O3. The van der Waals surface area contributed by atoms with E-state index in [0.717, 1.165) is 5.56 Å². The molecule has 0 atom stereocenters. The van der Waals surface area contributed by atoms with Gasteiger partial charge < -0.3 is 19.7 Å². The van der Waals surface area contributed by atoms with Crippen LogP contribution >= 0.6 is 0 Å². The van der Waals surface area contributed by atoms with Crippen LogP contribution in [-0.4, -0.2) is 45.9 Å². The lowest BCUT2D eigenvalue weighted by Gasteiger charge is -2.29. The standard InChI is InChI=1S/C14H19FN2O3/c1-19-10-14(18)16-9-11-2-3-13(12(15)8-11)17-4-6-20-7-5-17/h2-3,8H,4-7,9-10H2,1H3,(H,16,18). The fraction of sp³-hybridized carbons (Fsp3) is 0.500. The number of anilines is 1. The van der Waals surface area contributed by atoms with Gasteiger partial charge in [0.1, 0.15) is 12.4 Å². The van der Waals surface area contributed by atoms with E-state index >= 15 is 0 Å². The van der Waals surface area contributed by atoms with E-state index in [1.54, 1.807) is 6.07 Å². The predicted octanol–water partition coefficient (Wildman–Crippen LogP) is 0.925. The molecule has 0 radical (unpaired) electrons. The van der Waals surface area contributed by atoms with Crippen LogP contribution in [0.25, 0.3) is 0 Å². The molecule has 1 N–H and O–H groups in total. The summed E-state index contributed by atoms with van der Waals surface area (Å²) in [6.45, 7) is 2.93. The van der Waals surface area contributed by atoms with E-state index in [9.17, 15) is 9.18 Å². The lowest BCUT2D eigenvalue weighted by atomic mass is 10.1. The zero-order valence-corrected chi connectivity index (χ0v) is 11.5. The van der Waals surface area contributed by atoms with Crippen molar-refractivity contribution in [3.8, 4) is 0 Å². The van der Waals surface area contributed by atoms with Crippen LogP contribution in [0.4, 0.5) is 10.1 Å². The molecule has 6 heteroatoms. The van der Waals surface area contributed by atoms with Crippen LogP contribution in [0.5, 0.6) is 0 Å². The number of ether oxygens (including phenoxy) is 2. The third-order valence-corrected chi connectivity index (χ3v) is 3.13. The number of methoxy groups -OCH3 is 1. The van der Waals surface area contributed by atoms with Crippen molar-refractivity contribution in [3.63, 3.8) is 0 Å². The lowest BCUT2D eigenvalue weighted by molar-refractivity contribution is -0.124. The van der Waals surface area contributed by atoms with Gasteiger partial charge in [-0.3, -0.25) is 4.79 Å². The summed E-state index contributed by atoms with van der Waals surface area (Å²) in [5.74, 6) is -0.490. The monoisotopic (exact) mass is 282 g/mol. The molecule has 1 saturated heterocycles. The van der Waals surface area contributed by atoms with Crippen molar-refractivity contribution in [3.05, 3.63) is 29.6 Å². The zero-order chi connectivity index (χ0) is 14.4. The number of hydrogen-bond acceptors (Lipinski definition) is 4. The third-order valence-electron chi connectivity index (χ3n) is 3.13. The van der Waals surface area contributed by atoms with Crippen molar-refractivity contribution >= 4 is 11.6 Å². The fourth-order valence-corrected chi connectivity index (χ4v) is 2.10. The first kappa shape index (κ1) is 14.7. The Balaban J connectivity index is 1.96. The summed E-state index contributed by atoms with van der Waals surface area (Å²) >= 11 is 0. The molecule has 1 amide bonds. The highest BCUT2D eigenvalue weighted by Gasteiger charge is 2.15. The summed E-state index contributed by atoms with van der Waals surface area (Å²) in [5.41, 5.74) is 1.31. The summed E-state index contributed by atoms with van der Waals surface area (Å²) in [5, 5.41) is 2.66. The molecule has 0 spiro atoms. The van der Waals surface area contributed by atoms with E-state index < -0.39 is 0 Å². The van der Waals surface area contributed by atoms with Gasteiger partial charge in [0.15, 0.2) is 0 Å². The molecule has 1 fully saturated rings. The maximum absolute atomic E-state index is 14.1. The lowest BCUT2D eigenvalue weighted by Crippen LogP contribution is -2.36. The Hall–Kier alpha value is -1.66. The summed E-state index contributed by atoms with van der Waals surface area (Å²) in [7, 11) is 1.45. The topological polar surface area (TPSA) is 50.8 Å². The van der Waals surface area contributed by atoms with Gasteiger partial charge in [0.25, 0.3) is 0 Å². The van der Waals surface area contributed by atoms with Crippen LogP contribution in [0.2, 0.25) is 0 Å². The fourth-order valence-electron chi connectivity index (χ4n) is 2.10. The second-order valence-corrected chi connectivity index (χ2v) is 4.59. The minimum absolute atomic E-state index is 0.00828. The second-order valence-electron chi connectivity index (χ2n) is 4.59. The molecule has 0 bridgehead atoms. The van der Waals surface area contributed by atoms with Crippen LogP contribution in [0.1, 0.15) is 5.56 Å². The van der Waals surface area contributed by atoms with Crippen LogP contribution in [0.15, 0.2) is 18.2 Å². The van der Waals surface area contributed by atoms with Crippen molar-refractivity contribution in [2.75, 3.05) is 44.9 Å². The summed E-state index contributed by atoms with van der Waals surface area (Å²) in [4.78, 5) is 13.2. The highest BCUT2D eigenvalue weighted by Crippen LogP contribution is 2.21. The van der Waals surface area contributed by atoms with E-state index in [0.29, 0.717) is 38.5 Å². The number of amides is 1. The van der Waals surface area contributed by atoms with E-state index in [4.69, 9.17) is 9.47 Å². The Kier molecular flexibility index (Phi) is 5.31. The minimum atomic E-state index is -0.273. The number of carbonyl (C=O) groups excluding carboxylic acids is 1. The first-order chi connectivity index (χ1) is 9.70.